The summed E-state index contributed by atoms with van der Waals surface area (Å²) in [4.78, 5) is 46.2. The summed E-state index contributed by atoms with van der Waals surface area (Å²) in [7, 11) is 0. The van der Waals surface area contributed by atoms with Crippen LogP contribution in [0, 0.1) is 0 Å². The Bertz CT molecular complexity index is 842. The molecule has 7 nitrogen and oxygen atoms in total. The SMILES string of the molecule is CC(C(=O)OCC(=O)OCC(=O)O)c1cccc(C(=O)c2ccccc2)c1. The lowest BCUT2D eigenvalue weighted by Gasteiger charge is -2.12. The fraction of sp³-hybridized carbons (Fsp3) is 0.200. The van der Waals surface area contributed by atoms with Gasteiger partial charge in [-0.15, -0.1) is 0 Å². The number of rotatable bonds is 8. The molecule has 0 amide bonds. The molecule has 0 heterocycles. The van der Waals surface area contributed by atoms with Gasteiger partial charge in [-0.25, -0.2) is 9.59 Å². The van der Waals surface area contributed by atoms with Crippen LogP contribution in [0.25, 0.3) is 0 Å². The van der Waals surface area contributed by atoms with E-state index in [1.807, 2.05) is 6.07 Å². The van der Waals surface area contributed by atoms with Gasteiger partial charge in [-0.2, -0.15) is 0 Å². The molecule has 0 aliphatic rings. The zero-order chi connectivity index (χ0) is 19.8. The van der Waals surface area contributed by atoms with Gasteiger partial charge in [0.15, 0.2) is 19.0 Å². The average Bonchev–Trinajstić information content (AvgIpc) is 2.70. The highest BCUT2D eigenvalue weighted by atomic mass is 16.6. The molecule has 140 valence electrons. The van der Waals surface area contributed by atoms with Gasteiger partial charge in [0.2, 0.25) is 0 Å². The van der Waals surface area contributed by atoms with Crippen molar-refractivity contribution in [3.05, 3.63) is 71.3 Å². The van der Waals surface area contributed by atoms with Crippen molar-refractivity contribution < 1.29 is 33.8 Å². The van der Waals surface area contributed by atoms with Crippen LogP contribution in [-0.2, 0) is 23.9 Å². The minimum atomic E-state index is -1.30. The van der Waals surface area contributed by atoms with Crippen molar-refractivity contribution in [3.63, 3.8) is 0 Å². The number of carboxylic acids is 1. The Kier molecular flexibility index (Phi) is 6.82. The topological polar surface area (TPSA) is 107 Å². The molecule has 0 aliphatic carbocycles. The zero-order valence-corrected chi connectivity index (χ0v) is 14.6. The van der Waals surface area contributed by atoms with E-state index >= 15 is 0 Å². The Morgan fingerprint density at radius 3 is 2.22 bits per heavy atom. The maximum absolute atomic E-state index is 12.5. The monoisotopic (exact) mass is 370 g/mol. The van der Waals surface area contributed by atoms with Crippen LogP contribution in [0.4, 0.5) is 0 Å². The zero-order valence-electron chi connectivity index (χ0n) is 14.6. The van der Waals surface area contributed by atoms with Crippen molar-refractivity contribution in [1.29, 1.82) is 0 Å². The van der Waals surface area contributed by atoms with E-state index in [9.17, 15) is 19.2 Å². The minimum absolute atomic E-state index is 0.171. The maximum atomic E-state index is 12.5. The van der Waals surface area contributed by atoms with Crippen molar-refractivity contribution >= 4 is 23.7 Å². The first-order valence-corrected chi connectivity index (χ1v) is 8.12. The molecule has 0 saturated carbocycles. The van der Waals surface area contributed by atoms with Gasteiger partial charge in [0.25, 0.3) is 0 Å². The first-order valence-electron chi connectivity index (χ1n) is 8.12. The van der Waals surface area contributed by atoms with Crippen LogP contribution in [-0.4, -0.2) is 42.0 Å². The molecule has 0 radical (unpaired) electrons. The summed E-state index contributed by atoms with van der Waals surface area (Å²) in [6.07, 6.45) is 0. The molecule has 0 bridgehead atoms. The van der Waals surface area contributed by atoms with E-state index in [1.165, 1.54) is 0 Å². The molecular formula is C20H18O7. The minimum Gasteiger partial charge on any atom is -0.479 e. The van der Waals surface area contributed by atoms with Crippen LogP contribution >= 0.6 is 0 Å². The lowest BCUT2D eigenvalue weighted by Crippen LogP contribution is -2.22. The second kappa shape index (κ2) is 9.28. The highest BCUT2D eigenvalue weighted by Crippen LogP contribution is 2.20. The summed E-state index contributed by atoms with van der Waals surface area (Å²) in [6.45, 7) is 0.103. The Labute approximate surface area is 155 Å². The Morgan fingerprint density at radius 2 is 1.56 bits per heavy atom. The van der Waals surface area contributed by atoms with Crippen LogP contribution in [0.15, 0.2) is 54.6 Å². The molecule has 2 rings (SSSR count). The van der Waals surface area contributed by atoms with Crippen LogP contribution < -0.4 is 0 Å². The van der Waals surface area contributed by atoms with Crippen molar-refractivity contribution in [2.45, 2.75) is 12.8 Å². The molecule has 0 saturated heterocycles. The highest BCUT2D eigenvalue weighted by molar-refractivity contribution is 6.09. The summed E-state index contributed by atoms with van der Waals surface area (Å²) >= 11 is 0. The third-order valence-electron chi connectivity index (χ3n) is 3.73. The third kappa shape index (κ3) is 5.78. The van der Waals surface area contributed by atoms with Crippen molar-refractivity contribution in [1.82, 2.24) is 0 Å². The van der Waals surface area contributed by atoms with Gasteiger partial charge in [0.05, 0.1) is 5.92 Å². The summed E-state index contributed by atoms with van der Waals surface area (Å²) < 4.78 is 9.22. The quantitative estimate of drug-likeness (QED) is 0.561. The van der Waals surface area contributed by atoms with E-state index in [0.29, 0.717) is 16.7 Å². The molecule has 1 unspecified atom stereocenters. The van der Waals surface area contributed by atoms with Gasteiger partial charge >= 0.3 is 17.9 Å². The van der Waals surface area contributed by atoms with E-state index in [1.54, 1.807) is 55.5 Å². The molecule has 27 heavy (non-hydrogen) atoms. The molecule has 0 aliphatic heterocycles. The molecule has 0 fully saturated rings. The number of benzene rings is 2. The van der Waals surface area contributed by atoms with Crippen LogP contribution in [0.3, 0.4) is 0 Å². The first kappa shape index (κ1) is 19.8. The van der Waals surface area contributed by atoms with Crippen LogP contribution in [0.2, 0.25) is 0 Å². The van der Waals surface area contributed by atoms with Crippen LogP contribution in [0.1, 0.15) is 34.3 Å². The largest absolute Gasteiger partial charge is 0.479 e. The number of hydrogen-bond acceptors (Lipinski definition) is 6. The fourth-order valence-corrected chi connectivity index (χ4v) is 2.28. The lowest BCUT2D eigenvalue weighted by atomic mass is 9.96. The standard InChI is InChI=1S/C20H18O7/c1-13(20(25)27-12-18(23)26-11-17(21)22)15-8-5-9-16(10-15)19(24)14-6-3-2-4-7-14/h2-10,13H,11-12H2,1H3,(H,21,22). The molecular weight excluding hydrogens is 352 g/mol. The summed E-state index contributed by atoms with van der Waals surface area (Å²) in [5, 5.41) is 8.42. The van der Waals surface area contributed by atoms with Gasteiger partial charge in [-0.3, -0.25) is 9.59 Å². The Morgan fingerprint density at radius 1 is 0.889 bits per heavy atom. The Balaban J connectivity index is 2.01. The smallest absolute Gasteiger partial charge is 0.344 e. The first-order chi connectivity index (χ1) is 12.9. The molecule has 2 aromatic carbocycles. The molecule has 2 aromatic rings. The van der Waals surface area contributed by atoms with Crippen LogP contribution in [0.5, 0.6) is 0 Å². The molecule has 7 heteroatoms. The number of ether oxygens (including phenoxy) is 2. The molecule has 1 atom stereocenters. The van der Waals surface area contributed by atoms with Crippen molar-refractivity contribution in [2.24, 2.45) is 0 Å². The van der Waals surface area contributed by atoms with Gasteiger partial charge in [0, 0.05) is 11.1 Å². The number of carbonyl (C=O) groups is 4. The lowest BCUT2D eigenvalue weighted by molar-refractivity contribution is -0.163. The van der Waals surface area contributed by atoms with Gasteiger partial charge in [0.1, 0.15) is 0 Å². The number of carbonyl (C=O) groups excluding carboxylic acids is 3. The second-order valence-electron chi connectivity index (χ2n) is 5.70. The van der Waals surface area contributed by atoms with E-state index < -0.39 is 37.0 Å². The maximum Gasteiger partial charge on any atom is 0.344 e. The van der Waals surface area contributed by atoms with E-state index in [-0.39, 0.29) is 5.78 Å². The summed E-state index contributed by atoms with van der Waals surface area (Å²) in [6, 6.07) is 15.3. The predicted octanol–water partition coefficient (Wildman–Crippen LogP) is 2.19. The number of aliphatic carboxylic acids is 1. The summed E-state index contributed by atoms with van der Waals surface area (Å²) in [5.41, 5.74) is 1.52. The van der Waals surface area contributed by atoms with E-state index in [4.69, 9.17) is 9.84 Å². The van der Waals surface area contributed by atoms with Gasteiger partial charge in [-0.05, 0) is 18.6 Å². The second-order valence-corrected chi connectivity index (χ2v) is 5.70. The van der Waals surface area contributed by atoms with Crippen molar-refractivity contribution in [2.75, 3.05) is 13.2 Å². The number of ketones is 1. The number of hydrogen-bond donors (Lipinski definition) is 1. The summed E-state index contributed by atoms with van der Waals surface area (Å²) in [5.74, 6) is -3.84. The normalized spacial score (nSPS) is 11.3. The Hall–Kier alpha value is -3.48. The number of esters is 2. The van der Waals surface area contributed by atoms with Crippen molar-refractivity contribution in [3.8, 4) is 0 Å². The van der Waals surface area contributed by atoms with E-state index in [0.717, 1.165) is 0 Å². The van der Waals surface area contributed by atoms with Gasteiger partial charge < -0.3 is 14.6 Å². The third-order valence-corrected chi connectivity index (χ3v) is 3.73. The molecule has 0 aromatic heterocycles. The fourth-order valence-electron chi connectivity index (χ4n) is 2.28. The predicted molar refractivity (Wildman–Crippen MR) is 94.3 cm³/mol. The number of carboxylic acid groups (broad SMARTS) is 1. The van der Waals surface area contributed by atoms with E-state index in [2.05, 4.69) is 4.74 Å². The van der Waals surface area contributed by atoms with Gasteiger partial charge in [-0.1, -0.05) is 48.5 Å². The average molecular weight is 370 g/mol. The molecule has 0 spiro atoms. The molecule has 1 N–H and O–H groups in total. The highest BCUT2D eigenvalue weighted by Gasteiger charge is 2.20.